The topological polar surface area (TPSA) is 30.5 Å². The molecule has 0 aromatic heterocycles. The summed E-state index contributed by atoms with van der Waals surface area (Å²) in [6.07, 6.45) is 8.08. The van der Waals surface area contributed by atoms with Crippen LogP contribution >= 0.6 is 0 Å². The summed E-state index contributed by atoms with van der Waals surface area (Å²) in [6.45, 7) is 5.66. The first-order valence-electron chi connectivity index (χ1n) is 8.80. The summed E-state index contributed by atoms with van der Waals surface area (Å²) in [4.78, 5) is 4.60. The monoisotopic (exact) mass is 314 g/mol. The van der Waals surface area contributed by atoms with Crippen LogP contribution in [0.1, 0.15) is 18.4 Å². The van der Waals surface area contributed by atoms with Crippen LogP contribution in [-0.4, -0.2) is 57.3 Å². The van der Waals surface area contributed by atoms with E-state index in [1.54, 1.807) is 0 Å². The molecule has 2 saturated heterocycles. The molecule has 1 spiro atoms. The predicted octanol–water partition coefficient (Wildman–Crippen LogP) is 1.84. The van der Waals surface area contributed by atoms with Gasteiger partial charge in [0.15, 0.2) is 0 Å². The minimum absolute atomic E-state index is 0.352. The fourth-order valence-corrected chi connectivity index (χ4v) is 3.53. The predicted molar refractivity (Wildman–Crippen MR) is 98.0 cm³/mol. The van der Waals surface area contributed by atoms with Gasteiger partial charge in [-0.05, 0) is 43.2 Å². The van der Waals surface area contributed by atoms with Crippen molar-refractivity contribution in [2.24, 2.45) is 0 Å². The Hall–Kier alpha value is -1.52. The number of piperidine rings is 1. The number of anilines is 1. The van der Waals surface area contributed by atoms with Crippen LogP contribution in [0.2, 0.25) is 0 Å². The summed E-state index contributed by atoms with van der Waals surface area (Å²) in [5.74, 6) is 0. The van der Waals surface area contributed by atoms with Crippen molar-refractivity contribution in [2.45, 2.75) is 24.8 Å². The van der Waals surface area contributed by atoms with E-state index in [9.17, 15) is 0 Å². The SMILES string of the molecule is CN(C)c1ccc(C/C=C/N2CCC3(CC2)CNCCN3)cc1. The fraction of sp³-hybridized carbons (Fsp3) is 0.579. The third kappa shape index (κ3) is 4.27. The Morgan fingerprint density at radius 1 is 1.13 bits per heavy atom. The van der Waals surface area contributed by atoms with Crippen molar-refractivity contribution in [3.05, 3.63) is 42.1 Å². The molecule has 3 rings (SSSR count). The standard InChI is InChI=1S/C19H30N4/c1-22(2)18-7-5-17(6-8-18)4-3-13-23-14-9-19(10-15-23)16-20-11-12-21-19/h3,5-8,13,20-21H,4,9-12,14-16H2,1-2H3/b13-3+. The number of benzene rings is 1. The Morgan fingerprint density at radius 2 is 1.87 bits per heavy atom. The number of hydrogen-bond acceptors (Lipinski definition) is 4. The molecule has 2 aliphatic heterocycles. The lowest BCUT2D eigenvalue weighted by Gasteiger charge is -2.45. The molecule has 2 aliphatic rings. The van der Waals surface area contributed by atoms with Gasteiger partial charge in [0.05, 0.1) is 0 Å². The molecule has 2 N–H and O–H groups in total. The number of likely N-dealkylation sites (tertiary alicyclic amines) is 1. The van der Waals surface area contributed by atoms with E-state index >= 15 is 0 Å². The minimum Gasteiger partial charge on any atom is -0.378 e. The molecule has 1 aromatic carbocycles. The zero-order valence-corrected chi connectivity index (χ0v) is 14.5. The van der Waals surface area contributed by atoms with E-state index in [-0.39, 0.29) is 0 Å². The van der Waals surface area contributed by atoms with Gasteiger partial charge in [-0.15, -0.1) is 0 Å². The van der Waals surface area contributed by atoms with Crippen LogP contribution in [0.5, 0.6) is 0 Å². The molecule has 0 amide bonds. The molecule has 2 heterocycles. The Labute approximate surface area is 140 Å². The van der Waals surface area contributed by atoms with Gasteiger partial charge in [-0.3, -0.25) is 0 Å². The molecule has 1 aromatic rings. The quantitative estimate of drug-likeness (QED) is 0.888. The highest BCUT2D eigenvalue weighted by atomic mass is 15.2. The molecule has 0 aliphatic carbocycles. The van der Waals surface area contributed by atoms with E-state index in [2.05, 4.69) is 71.1 Å². The smallest absolute Gasteiger partial charge is 0.0361 e. The lowest BCUT2D eigenvalue weighted by molar-refractivity contribution is 0.152. The fourth-order valence-electron chi connectivity index (χ4n) is 3.53. The van der Waals surface area contributed by atoms with Gasteiger partial charge in [0.2, 0.25) is 0 Å². The van der Waals surface area contributed by atoms with Crippen molar-refractivity contribution >= 4 is 5.69 Å². The molecule has 4 heteroatoms. The Kier molecular flexibility index (Phi) is 5.23. The van der Waals surface area contributed by atoms with Crippen LogP contribution in [0.15, 0.2) is 36.5 Å². The highest BCUT2D eigenvalue weighted by Gasteiger charge is 2.34. The second-order valence-electron chi connectivity index (χ2n) is 7.07. The van der Waals surface area contributed by atoms with Crippen molar-refractivity contribution in [3.63, 3.8) is 0 Å². The second kappa shape index (κ2) is 7.37. The highest BCUT2D eigenvalue weighted by Crippen LogP contribution is 2.23. The van der Waals surface area contributed by atoms with E-state index in [1.807, 2.05) is 0 Å². The van der Waals surface area contributed by atoms with E-state index in [0.717, 1.165) is 39.1 Å². The van der Waals surface area contributed by atoms with Crippen LogP contribution in [-0.2, 0) is 6.42 Å². The summed E-state index contributed by atoms with van der Waals surface area (Å²) in [5.41, 5.74) is 2.98. The normalized spacial score (nSPS) is 21.0. The van der Waals surface area contributed by atoms with Gasteiger partial charge in [-0.2, -0.15) is 0 Å². The first kappa shape index (κ1) is 16.3. The summed E-state index contributed by atoms with van der Waals surface area (Å²) < 4.78 is 0. The Morgan fingerprint density at radius 3 is 2.48 bits per heavy atom. The number of allylic oxidation sites excluding steroid dienone is 1. The average Bonchev–Trinajstić information content (AvgIpc) is 2.58. The van der Waals surface area contributed by atoms with Crippen molar-refractivity contribution in [3.8, 4) is 0 Å². The third-order valence-corrected chi connectivity index (χ3v) is 5.14. The lowest BCUT2D eigenvalue weighted by atomic mass is 9.86. The zero-order chi connectivity index (χ0) is 16.1. The van der Waals surface area contributed by atoms with Gasteiger partial charge in [0.25, 0.3) is 0 Å². The summed E-state index contributed by atoms with van der Waals surface area (Å²) in [7, 11) is 4.16. The lowest BCUT2D eigenvalue weighted by Crippen LogP contribution is -2.62. The number of piperazine rings is 1. The molecule has 0 unspecified atom stereocenters. The second-order valence-corrected chi connectivity index (χ2v) is 7.07. The molecule has 2 fully saturated rings. The van der Waals surface area contributed by atoms with Gasteiger partial charge < -0.3 is 20.4 Å². The molecule has 126 valence electrons. The maximum Gasteiger partial charge on any atom is 0.0361 e. The van der Waals surface area contributed by atoms with Gasteiger partial charge in [0.1, 0.15) is 0 Å². The molecule has 0 saturated carbocycles. The van der Waals surface area contributed by atoms with Crippen LogP contribution in [0.3, 0.4) is 0 Å². The van der Waals surface area contributed by atoms with Gasteiger partial charge >= 0.3 is 0 Å². The van der Waals surface area contributed by atoms with Crippen LogP contribution < -0.4 is 15.5 Å². The first-order valence-corrected chi connectivity index (χ1v) is 8.80. The van der Waals surface area contributed by atoms with Crippen LogP contribution in [0, 0.1) is 0 Å². The van der Waals surface area contributed by atoms with E-state index in [4.69, 9.17) is 0 Å². The van der Waals surface area contributed by atoms with Gasteiger partial charge in [-0.25, -0.2) is 0 Å². The molecule has 0 bridgehead atoms. The zero-order valence-electron chi connectivity index (χ0n) is 14.5. The average molecular weight is 314 g/mol. The number of nitrogens with zero attached hydrogens (tertiary/aromatic N) is 2. The van der Waals surface area contributed by atoms with E-state index in [0.29, 0.717) is 5.54 Å². The number of nitrogens with one attached hydrogen (secondary N) is 2. The van der Waals surface area contributed by atoms with Gasteiger partial charge in [-0.1, -0.05) is 18.2 Å². The molecule has 0 radical (unpaired) electrons. The third-order valence-electron chi connectivity index (χ3n) is 5.14. The highest BCUT2D eigenvalue weighted by molar-refractivity contribution is 5.46. The van der Waals surface area contributed by atoms with E-state index in [1.165, 1.54) is 24.1 Å². The largest absolute Gasteiger partial charge is 0.378 e. The van der Waals surface area contributed by atoms with Crippen molar-refractivity contribution in [2.75, 3.05) is 51.7 Å². The maximum absolute atomic E-state index is 3.73. The summed E-state index contributed by atoms with van der Waals surface area (Å²) >= 11 is 0. The molecular weight excluding hydrogens is 284 g/mol. The number of rotatable bonds is 4. The van der Waals surface area contributed by atoms with Crippen LogP contribution in [0.25, 0.3) is 0 Å². The molecule has 0 atom stereocenters. The Balaban J connectivity index is 1.46. The molecule has 4 nitrogen and oxygen atoms in total. The van der Waals surface area contributed by atoms with Crippen LogP contribution in [0.4, 0.5) is 5.69 Å². The maximum atomic E-state index is 3.73. The van der Waals surface area contributed by atoms with Crippen molar-refractivity contribution < 1.29 is 0 Å². The molecular formula is C19H30N4. The molecule has 23 heavy (non-hydrogen) atoms. The van der Waals surface area contributed by atoms with Crippen molar-refractivity contribution in [1.82, 2.24) is 15.5 Å². The summed E-state index contributed by atoms with van der Waals surface area (Å²) in [6, 6.07) is 8.83. The van der Waals surface area contributed by atoms with Gasteiger partial charge in [0, 0.05) is 58.0 Å². The number of hydrogen-bond donors (Lipinski definition) is 2. The van der Waals surface area contributed by atoms with E-state index < -0.39 is 0 Å². The van der Waals surface area contributed by atoms with Crippen molar-refractivity contribution in [1.29, 1.82) is 0 Å². The minimum atomic E-state index is 0.352. The first-order chi connectivity index (χ1) is 11.2. The summed E-state index contributed by atoms with van der Waals surface area (Å²) in [5, 5.41) is 7.27. The Bertz CT molecular complexity index is 505.